The van der Waals surface area contributed by atoms with Crippen molar-refractivity contribution in [2.24, 2.45) is 0 Å². The lowest BCUT2D eigenvalue weighted by atomic mass is 10.2. The lowest BCUT2D eigenvalue weighted by Gasteiger charge is -2.06. The number of carbonyl (C=O) groups is 1. The zero-order valence-corrected chi connectivity index (χ0v) is 23.9. The van der Waals surface area contributed by atoms with E-state index in [2.05, 4.69) is 63.1 Å². The van der Waals surface area contributed by atoms with Crippen LogP contribution in [0, 0.1) is 6.92 Å². The number of pyridine rings is 1. The average Bonchev–Trinajstić information content (AvgIpc) is 3.63. The number of nitrogens with zero attached hydrogens (tertiary/aromatic N) is 4. The van der Waals surface area contributed by atoms with Gasteiger partial charge < -0.3 is 10.6 Å². The molecule has 0 saturated carbocycles. The molecule has 40 heavy (non-hydrogen) atoms. The van der Waals surface area contributed by atoms with Gasteiger partial charge >= 0.3 is 0 Å². The third-order valence-electron chi connectivity index (χ3n) is 6.00. The molecule has 198 valence electrons. The molecule has 6 aromatic rings. The Bertz CT molecular complexity index is 1770. The number of aryl methyl sites for hydroxylation is 1. The number of thioether (sulfide) groups is 1. The molecule has 0 fully saturated rings. The molecule has 3 heterocycles. The number of rotatable bonds is 9. The number of hydrogen-bond donors (Lipinski definition) is 2. The van der Waals surface area contributed by atoms with Crippen LogP contribution in [-0.2, 0) is 10.5 Å². The predicted octanol–water partition coefficient (Wildman–Crippen LogP) is 7.53. The zero-order chi connectivity index (χ0) is 27.3. The molecule has 0 unspecified atom stereocenters. The van der Waals surface area contributed by atoms with Crippen LogP contribution in [-0.4, -0.2) is 32.6 Å². The van der Waals surface area contributed by atoms with Gasteiger partial charge in [-0.2, -0.15) is 0 Å². The highest BCUT2D eigenvalue weighted by Crippen LogP contribution is 2.34. The van der Waals surface area contributed by atoms with Crippen molar-refractivity contribution in [3.63, 3.8) is 0 Å². The van der Waals surface area contributed by atoms with Gasteiger partial charge in [0, 0.05) is 28.8 Å². The van der Waals surface area contributed by atoms with E-state index < -0.39 is 0 Å². The van der Waals surface area contributed by atoms with E-state index in [1.165, 1.54) is 22.5 Å². The Morgan fingerprint density at radius 1 is 0.900 bits per heavy atom. The van der Waals surface area contributed by atoms with Gasteiger partial charge in [0.05, 0.1) is 16.8 Å². The lowest BCUT2D eigenvalue weighted by molar-refractivity contribution is -0.114. The molecule has 1 amide bonds. The highest BCUT2D eigenvalue weighted by Gasteiger charge is 2.14. The molecular weight excluding hydrogens is 557 g/mol. The molecule has 3 aromatic carbocycles. The molecule has 6 rings (SSSR count). The topological polar surface area (TPSA) is 92.7 Å². The normalized spacial score (nSPS) is 11.0. The van der Waals surface area contributed by atoms with Gasteiger partial charge in [-0.15, -0.1) is 33.3 Å². The van der Waals surface area contributed by atoms with E-state index in [-0.39, 0.29) is 12.5 Å². The van der Waals surface area contributed by atoms with Gasteiger partial charge in [0.25, 0.3) is 0 Å². The summed E-state index contributed by atoms with van der Waals surface area (Å²) in [6.45, 7) is 2.15. The fourth-order valence-corrected chi connectivity index (χ4v) is 6.75. The maximum atomic E-state index is 12.6. The fourth-order valence-electron chi connectivity index (χ4n) is 4.02. The minimum atomic E-state index is -0.166. The SMILES string of the molecule is Cc1ccc2sc(-c3ccc(NC(=O)CNc4nnc(-c5cccnc5SCc5ccccc5)s4)cc3)nc2c1. The lowest BCUT2D eigenvalue weighted by Crippen LogP contribution is -2.21. The van der Waals surface area contributed by atoms with Gasteiger partial charge in [0.2, 0.25) is 11.0 Å². The second-order valence-corrected chi connectivity index (χ2v) is 12.0. The molecule has 0 aliphatic heterocycles. The summed E-state index contributed by atoms with van der Waals surface area (Å²) in [5.74, 6) is 0.649. The average molecular weight is 581 g/mol. The number of aromatic nitrogens is 4. The summed E-state index contributed by atoms with van der Waals surface area (Å²) in [6, 6.07) is 28.2. The van der Waals surface area contributed by atoms with E-state index in [1.807, 2.05) is 54.6 Å². The molecule has 0 aliphatic carbocycles. The quantitative estimate of drug-likeness (QED) is 0.171. The zero-order valence-electron chi connectivity index (χ0n) is 21.5. The number of amides is 1. The molecule has 7 nitrogen and oxygen atoms in total. The molecule has 0 radical (unpaired) electrons. The largest absolute Gasteiger partial charge is 0.351 e. The minimum absolute atomic E-state index is 0.0796. The van der Waals surface area contributed by atoms with E-state index >= 15 is 0 Å². The summed E-state index contributed by atoms with van der Waals surface area (Å²) in [4.78, 5) is 21.9. The maximum absolute atomic E-state index is 12.6. The Morgan fingerprint density at radius 3 is 2.60 bits per heavy atom. The van der Waals surface area contributed by atoms with E-state index in [0.29, 0.717) is 5.13 Å². The van der Waals surface area contributed by atoms with Gasteiger partial charge in [-0.05, 0) is 66.6 Å². The fraction of sp³-hybridized carbons (Fsp3) is 0.100. The van der Waals surface area contributed by atoms with Gasteiger partial charge in [-0.25, -0.2) is 9.97 Å². The Hall–Kier alpha value is -4.12. The Balaban J connectivity index is 1.05. The van der Waals surface area contributed by atoms with Crippen LogP contribution >= 0.6 is 34.4 Å². The maximum Gasteiger partial charge on any atom is 0.243 e. The molecule has 2 N–H and O–H groups in total. The third kappa shape index (κ3) is 6.20. The third-order valence-corrected chi connectivity index (χ3v) is 9.08. The van der Waals surface area contributed by atoms with Crippen molar-refractivity contribution in [3.8, 4) is 21.1 Å². The van der Waals surface area contributed by atoms with Gasteiger partial charge in [0.15, 0.2) is 5.01 Å². The number of hydrogen-bond acceptors (Lipinski definition) is 9. The van der Waals surface area contributed by atoms with Crippen LogP contribution in [0.2, 0.25) is 0 Å². The molecule has 0 bridgehead atoms. The summed E-state index contributed by atoms with van der Waals surface area (Å²) < 4.78 is 1.16. The van der Waals surface area contributed by atoms with Crippen LogP contribution in [0.4, 0.5) is 10.8 Å². The summed E-state index contributed by atoms with van der Waals surface area (Å²) in [5.41, 5.74) is 6.11. The van der Waals surface area contributed by atoms with Crippen LogP contribution in [0.3, 0.4) is 0 Å². The van der Waals surface area contributed by atoms with Crippen molar-refractivity contribution < 1.29 is 4.79 Å². The first-order chi connectivity index (χ1) is 19.6. The van der Waals surface area contributed by atoms with Crippen LogP contribution in [0.25, 0.3) is 31.4 Å². The van der Waals surface area contributed by atoms with Crippen molar-refractivity contribution in [1.82, 2.24) is 20.2 Å². The second-order valence-electron chi connectivity index (χ2n) is 9.01. The highest BCUT2D eigenvalue weighted by atomic mass is 32.2. The van der Waals surface area contributed by atoms with Crippen molar-refractivity contribution in [2.45, 2.75) is 17.7 Å². The number of nitrogens with one attached hydrogen (secondary N) is 2. The molecule has 3 aromatic heterocycles. The summed E-state index contributed by atoms with van der Waals surface area (Å²) >= 11 is 4.73. The smallest absolute Gasteiger partial charge is 0.243 e. The second kappa shape index (κ2) is 12.0. The molecule has 10 heteroatoms. The summed E-state index contributed by atoms with van der Waals surface area (Å²) in [7, 11) is 0. The van der Waals surface area contributed by atoms with Crippen LogP contribution < -0.4 is 10.6 Å². The van der Waals surface area contributed by atoms with Gasteiger partial charge in [0.1, 0.15) is 10.0 Å². The summed E-state index contributed by atoms with van der Waals surface area (Å²) in [6.07, 6.45) is 1.79. The standard InChI is InChI=1S/C30H24N6OS3/c1-19-9-14-25-24(16-19)34-27(39-25)21-10-12-22(13-11-21)33-26(37)17-32-30-36-35-29(40-30)23-8-5-15-31-28(23)38-18-20-6-3-2-4-7-20/h2-16H,17-18H2,1H3,(H,32,36)(H,33,37). The minimum Gasteiger partial charge on any atom is -0.351 e. The Kier molecular flexibility index (Phi) is 7.80. The molecule has 0 atom stereocenters. The summed E-state index contributed by atoms with van der Waals surface area (Å²) in [5, 5.41) is 17.8. The predicted molar refractivity (Wildman–Crippen MR) is 166 cm³/mol. The van der Waals surface area contributed by atoms with E-state index in [9.17, 15) is 4.79 Å². The molecule has 0 aliphatic rings. The number of benzene rings is 3. The van der Waals surface area contributed by atoms with Crippen molar-refractivity contribution in [2.75, 3.05) is 17.2 Å². The number of carbonyl (C=O) groups excluding carboxylic acids is 1. The number of fused-ring (bicyclic) bond motifs is 1. The van der Waals surface area contributed by atoms with Gasteiger partial charge in [-0.1, -0.05) is 47.7 Å². The Labute approximate surface area is 243 Å². The van der Waals surface area contributed by atoms with E-state index in [0.717, 1.165) is 47.8 Å². The first-order valence-corrected chi connectivity index (χ1v) is 15.2. The number of thiazole rings is 1. The van der Waals surface area contributed by atoms with E-state index in [1.54, 1.807) is 29.3 Å². The van der Waals surface area contributed by atoms with Crippen molar-refractivity contribution >= 4 is 61.4 Å². The van der Waals surface area contributed by atoms with Crippen molar-refractivity contribution in [1.29, 1.82) is 0 Å². The van der Waals surface area contributed by atoms with Crippen molar-refractivity contribution in [3.05, 3.63) is 102 Å². The monoisotopic (exact) mass is 580 g/mol. The van der Waals surface area contributed by atoms with E-state index in [4.69, 9.17) is 4.98 Å². The molecular formula is C30H24N6OS3. The highest BCUT2D eigenvalue weighted by molar-refractivity contribution is 7.98. The van der Waals surface area contributed by atoms with Gasteiger partial charge in [-0.3, -0.25) is 4.79 Å². The van der Waals surface area contributed by atoms with Crippen LogP contribution in [0.1, 0.15) is 11.1 Å². The first kappa shape index (κ1) is 26.1. The van der Waals surface area contributed by atoms with Crippen LogP contribution in [0.5, 0.6) is 0 Å². The number of anilines is 2. The molecule has 0 spiro atoms. The Morgan fingerprint density at radius 2 is 1.75 bits per heavy atom. The molecule has 0 saturated heterocycles. The van der Waals surface area contributed by atoms with Crippen LogP contribution in [0.15, 0.2) is 96.2 Å². The first-order valence-electron chi connectivity index (χ1n) is 12.6.